The molecule has 0 aliphatic carbocycles. The Morgan fingerprint density at radius 2 is 2.17 bits per heavy atom. The average molecular weight is 265 g/mol. The largest absolute Gasteiger partial charge is 0.335 e. The molecule has 0 radical (unpaired) electrons. The lowest BCUT2D eigenvalue weighted by Crippen LogP contribution is -2.48. The predicted octanol–water partition coefficient (Wildman–Crippen LogP) is 1.02. The van der Waals surface area contributed by atoms with Gasteiger partial charge >= 0.3 is 0 Å². The van der Waals surface area contributed by atoms with Crippen LogP contribution in [-0.4, -0.2) is 53.4 Å². The molecule has 0 bridgehead atoms. The van der Waals surface area contributed by atoms with Crippen LogP contribution < -0.4 is 0 Å². The lowest BCUT2D eigenvalue weighted by Gasteiger charge is -2.33. The van der Waals surface area contributed by atoms with E-state index in [-0.39, 0.29) is 5.91 Å². The minimum absolute atomic E-state index is 0.103. The van der Waals surface area contributed by atoms with Crippen molar-refractivity contribution in [3.8, 4) is 6.07 Å². The highest BCUT2D eigenvalue weighted by Gasteiger charge is 2.22. The molecule has 1 saturated heterocycles. The van der Waals surface area contributed by atoms with E-state index in [4.69, 9.17) is 16.9 Å². The normalized spacial score (nSPS) is 16.3. The van der Waals surface area contributed by atoms with E-state index in [0.717, 1.165) is 13.1 Å². The third kappa shape index (κ3) is 2.97. The Balaban J connectivity index is 1.98. The van der Waals surface area contributed by atoms with Crippen LogP contribution in [0.3, 0.4) is 0 Å². The Morgan fingerprint density at radius 1 is 1.44 bits per heavy atom. The van der Waals surface area contributed by atoms with Gasteiger partial charge in [-0.3, -0.25) is 14.7 Å². The van der Waals surface area contributed by atoms with Crippen molar-refractivity contribution in [3.63, 3.8) is 0 Å². The van der Waals surface area contributed by atoms with Crippen LogP contribution in [0.2, 0.25) is 5.02 Å². The highest BCUT2D eigenvalue weighted by Crippen LogP contribution is 2.11. The van der Waals surface area contributed by atoms with Gasteiger partial charge in [-0.15, -0.1) is 0 Å². The van der Waals surface area contributed by atoms with E-state index in [0.29, 0.717) is 30.4 Å². The summed E-state index contributed by atoms with van der Waals surface area (Å²) in [4.78, 5) is 19.9. The van der Waals surface area contributed by atoms with Gasteiger partial charge in [0, 0.05) is 37.4 Å². The fourth-order valence-electron chi connectivity index (χ4n) is 1.89. The Morgan fingerprint density at radius 3 is 2.78 bits per heavy atom. The molecule has 0 saturated carbocycles. The van der Waals surface area contributed by atoms with Gasteiger partial charge < -0.3 is 4.90 Å². The molecule has 1 aliphatic rings. The van der Waals surface area contributed by atoms with Crippen molar-refractivity contribution in [2.24, 2.45) is 0 Å². The number of rotatable bonds is 2. The van der Waals surface area contributed by atoms with Gasteiger partial charge in [0.15, 0.2) is 0 Å². The topological polar surface area (TPSA) is 60.2 Å². The summed E-state index contributed by atoms with van der Waals surface area (Å²) >= 11 is 5.84. The SMILES string of the molecule is N#CCN1CCN(C(=O)c2cc(Cl)ccn2)CC1. The number of carbonyl (C=O) groups is 1. The Bertz CT molecular complexity index is 477. The van der Waals surface area contributed by atoms with E-state index < -0.39 is 0 Å². The third-order valence-electron chi connectivity index (χ3n) is 2.89. The molecule has 1 fully saturated rings. The van der Waals surface area contributed by atoms with E-state index in [2.05, 4.69) is 11.1 Å². The van der Waals surface area contributed by atoms with E-state index in [9.17, 15) is 4.79 Å². The van der Waals surface area contributed by atoms with E-state index in [1.54, 1.807) is 17.0 Å². The van der Waals surface area contributed by atoms with Crippen molar-refractivity contribution in [1.29, 1.82) is 5.26 Å². The molecular weight excluding hydrogens is 252 g/mol. The molecule has 6 heteroatoms. The number of hydrogen-bond acceptors (Lipinski definition) is 4. The molecule has 0 spiro atoms. The Kier molecular flexibility index (Phi) is 4.13. The van der Waals surface area contributed by atoms with Crippen molar-refractivity contribution >= 4 is 17.5 Å². The summed E-state index contributed by atoms with van der Waals surface area (Å²) in [5.41, 5.74) is 0.372. The molecule has 1 aliphatic heterocycles. The zero-order valence-electron chi connectivity index (χ0n) is 9.84. The minimum atomic E-state index is -0.103. The molecule has 1 aromatic heterocycles. The molecule has 0 N–H and O–H groups in total. The number of carbonyl (C=O) groups excluding carboxylic acids is 1. The molecule has 1 amide bonds. The molecule has 0 atom stereocenters. The first-order valence-corrected chi connectivity index (χ1v) is 6.08. The van der Waals surface area contributed by atoms with Gasteiger partial charge in [0.25, 0.3) is 5.91 Å². The molecule has 18 heavy (non-hydrogen) atoms. The fraction of sp³-hybridized carbons (Fsp3) is 0.417. The van der Waals surface area contributed by atoms with Gasteiger partial charge in [-0.2, -0.15) is 5.26 Å². The van der Waals surface area contributed by atoms with Crippen molar-refractivity contribution < 1.29 is 4.79 Å². The molecule has 0 unspecified atom stereocenters. The summed E-state index contributed by atoms with van der Waals surface area (Å²) in [6, 6.07) is 5.33. The zero-order chi connectivity index (χ0) is 13.0. The number of pyridine rings is 1. The van der Waals surface area contributed by atoms with Crippen molar-refractivity contribution in [1.82, 2.24) is 14.8 Å². The van der Waals surface area contributed by atoms with Crippen LogP contribution in [0.15, 0.2) is 18.3 Å². The van der Waals surface area contributed by atoms with Crippen LogP contribution in [0.4, 0.5) is 0 Å². The average Bonchev–Trinajstić information content (AvgIpc) is 2.39. The summed E-state index contributed by atoms with van der Waals surface area (Å²) in [5.74, 6) is -0.103. The summed E-state index contributed by atoms with van der Waals surface area (Å²) in [5, 5.41) is 9.12. The number of amides is 1. The molecule has 0 aromatic carbocycles. The monoisotopic (exact) mass is 264 g/mol. The van der Waals surface area contributed by atoms with Crippen LogP contribution in [0.25, 0.3) is 0 Å². The van der Waals surface area contributed by atoms with Gasteiger partial charge in [0.2, 0.25) is 0 Å². The van der Waals surface area contributed by atoms with Crippen LogP contribution in [0.5, 0.6) is 0 Å². The first-order valence-electron chi connectivity index (χ1n) is 5.71. The number of aromatic nitrogens is 1. The van der Waals surface area contributed by atoms with E-state index in [1.807, 2.05) is 4.90 Å². The van der Waals surface area contributed by atoms with E-state index >= 15 is 0 Å². The van der Waals surface area contributed by atoms with Crippen LogP contribution in [0, 0.1) is 11.3 Å². The highest BCUT2D eigenvalue weighted by atomic mass is 35.5. The van der Waals surface area contributed by atoms with Gasteiger partial charge in [0.1, 0.15) is 5.69 Å². The standard InChI is InChI=1S/C12H13ClN4O/c13-10-1-3-15-11(9-10)12(18)17-7-5-16(4-2-14)6-8-17/h1,3,9H,4-8H2. The smallest absolute Gasteiger partial charge is 0.272 e. The lowest BCUT2D eigenvalue weighted by atomic mass is 10.2. The summed E-state index contributed by atoms with van der Waals surface area (Å²) < 4.78 is 0. The van der Waals surface area contributed by atoms with Crippen LogP contribution in [0.1, 0.15) is 10.5 Å². The molecule has 2 heterocycles. The summed E-state index contributed by atoms with van der Waals surface area (Å²) in [7, 11) is 0. The molecular formula is C12H13ClN4O. The number of nitrogens with zero attached hydrogens (tertiary/aromatic N) is 4. The van der Waals surface area contributed by atoms with Crippen molar-refractivity contribution in [2.75, 3.05) is 32.7 Å². The number of nitriles is 1. The summed E-state index contributed by atoms with van der Waals surface area (Å²) in [6.45, 7) is 3.10. The first-order chi connectivity index (χ1) is 8.70. The van der Waals surface area contributed by atoms with Crippen LogP contribution >= 0.6 is 11.6 Å². The van der Waals surface area contributed by atoms with E-state index in [1.165, 1.54) is 6.20 Å². The third-order valence-corrected chi connectivity index (χ3v) is 3.13. The first kappa shape index (κ1) is 12.8. The minimum Gasteiger partial charge on any atom is -0.335 e. The number of hydrogen-bond donors (Lipinski definition) is 0. The Labute approximate surface area is 111 Å². The highest BCUT2D eigenvalue weighted by molar-refractivity contribution is 6.30. The quantitative estimate of drug-likeness (QED) is 0.748. The zero-order valence-corrected chi connectivity index (χ0v) is 10.6. The second-order valence-electron chi connectivity index (χ2n) is 4.09. The van der Waals surface area contributed by atoms with Gasteiger partial charge in [-0.25, -0.2) is 0 Å². The summed E-state index contributed by atoms with van der Waals surface area (Å²) in [6.07, 6.45) is 1.53. The maximum atomic E-state index is 12.1. The number of piperazine rings is 1. The number of halogens is 1. The molecule has 94 valence electrons. The van der Waals surface area contributed by atoms with Crippen molar-refractivity contribution in [2.45, 2.75) is 0 Å². The van der Waals surface area contributed by atoms with Crippen LogP contribution in [-0.2, 0) is 0 Å². The maximum Gasteiger partial charge on any atom is 0.272 e. The lowest BCUT2D eigenvalue weighted by molar-refractivity contribution is 0.0646. The maximum absolute atomic E-state index is 12.1. The molecule has 5 nitrogen and oxygen atoms in total. The van der Waals surface area contributed by atoms with Gasteiger partial charge in [-0.05, 0) is 12.1 Å². The van der Waals surface area contributed by atoms with Crippen molar-refractivity contribution in [3.05, 3.63) is 29.0 Å². The second-order valence-corrected chi connectivity index (χ2v) is 4.52. The molecule has 1 aromatic rings. The predicted molar refractivity (Wildman–Crippen MR) is 67.2 cm³/mol. The fourth-order valence-corrected chi connectivity index (χ4v) is 2.05. The molecule has 2 rings (SSSR count). The second kappa shape index (κ2) is 5.80. The van der Waals surface area contributed by atoms with Gasteiger partial charge in [-0.1, -0.05) is 11.6 Å². The van der Waals surface area contributed by atoms with Gasteiger partial charge in [0.05, 0.1) is 12.6 Å². The Hall–Kier alpha value is -1.64.